The lowest BCUT2D eigenvalue weighted by atomic mass is 10.2. The van der Waals surface area contributed by atoms with Crippen molar-refractivity contribution in [3.05, 3.63) is 53.6 Å². The standard InChI is InChI=1S/C14H14F2N2O/c1-19-11-4-2-3-9(5-11)8-18-14-12(15)6-10(17)7-13(14)16/h2-7,18H,8,17H2,1H3. The fourth-order valence-electron chi connectivity index (χ4n) is 1.73. The van der Waals surface area contributed by atoms with Gasteiger partial charge in [-0.2, -0.15) is 0 Å². The molecule has 19 heavy (non-hydrogen) atoms. The van der Waals surface area contributed by atoms with E-state index in [1.54, 1.807) is 19.2 Å². The summed E-state index contributed by atoms with van der Waals surface area (Å²) in [7, 11) is 1.56. The summed E-state index contributed by atoms with van der Waals surface area (Å²) in [5, 5.41) is 2.71. The van der Waals surface area contributed by atoms with Crippen LogP contribution in [0.1, 0.15) is 5.56 Å². The molecule has 0 heterocycles. The normalized spacial score (nSPS) is 10.3. The Hall–Kier alpha value is -2.30. The van der Waals surface area contributed by atoms with E-state index in [1.807, 2.05) is 12.1 Å². The lowest BCUT2D eigenvalue weighted by Crippen LogP contribution is -2.05. The zero-order valence-electron chi connectivity index (χ0n) is 10.4. The summed E-state index contributed by atoms with van der Waals surface area (Å²) >= 11 is 0. The second kappa shape index (κ2) is 5.56. The summed E-state index contributed by atoms with van der Waals surface area (Å²) in [6, 6.07) is 9.40. The second-order valence-electron chi connectivity index (χ2n) is 4.06. The van der Waals surface area contributed by atoms with Gasteiger partial charge in [-0.3, -0.25) is 0 Å². The molecular formula is C14H14F2N2O. The molecule has 0 fully saturated rings. The number of hydrogen-bond donors (Lipinski definition) is 2. The molecule has 100 valence electrons. The molecule has 0 unspecified atom stereocenters. The Morgan fingerprint density at radius 2 is 1.84 bits per heavy atom. The smallest absolute Gasteiger partial charge is 0.151 e. The summed E-state index contributed by atoms with van der Waals surface area (Å²) in [4.78, 5) is 0. The second-order valence-corrected chi connectivity index (χ2v) is 4.06. The zero-order valence-corrected chi connectivity index (χ0v) is 10.4. The van der Waals surface area contributed by atoms with E-state index >= 15 is 0 Å². The molecule has 0 bridgehead atoms. The third kappa shape index (κ3) is 3.13. The molecule has 0 saturated heterocycles. The largest absolute Gasteiger partial charge is 0.497 e. The Morgan fingerprint density at radius 3 is 2.47 bits per heavy atom. The molecule has 0 aliphatic rings. The Balaban J connectivity index is 2.14. The van der Waals surface area contributed by atoms with Crippen LogP contribution in [0.2, 0.25) is 0 Å². The Kier molecular flexibility index (Phi) is 3.85. The summed E-state index contributed by atoms with van der Waals surface area (Å²) in [6.45, 7) is 0.287. The van der Waals surface area contributed by atoms with Gasteiger partial charge in [0.05, 0.1) is 7.11 Å². The van der Waals surface area contributed by atoms with Gasteiger partial charge in [0.25, 0.3) is 0 Å². The fourth-order valence-corrected chi connectivity index (χ4v) is 1.73. The van der Waals surface area contributed by atoms with Crippen molar-refractivity contribution in [1.82, 2.24) is 0 Å². The quantitative estimate of drug-likeness (QED) is 0.834. The van der Waals surface area contributed by atoms with E-state index in [1.165, 1.54) is 0 Å². The molecule has 0 aliphatic heterocycles. The van der Waals surface area contributed by atoms with Gasteiger partial charge in [0.1, 0.15) is 11.4 Å². The van der Waals surface area contributed by atoms with Gasteiger partial charge in [-0.15, -0.1) is 0 Å². The summed E-state index contributed by atoms with van der Waals surface area (Å²) < 4.78 is 32.2. The molecule has 0 aromatic heterocycles. The molecule has 5 heteroatoms. The van der Waals surface area contributed by atoms with Crippen LogP contribution in [0.3, 0.4) is 0 Å². The number of anilines is 2. The minimum atomic E-state index is -0.708. The van der Waals surface area contributed by atoms with Crippen LogP contribution in [0.5, 0.6) is 5.75 Å². The Bertz CT molecular complexity index is 564. The van der Waals surface area contributed by atoms with E-state index in [2.05, 4.69) is 5.32 Å². The summed E-state index contributed by atoms with van der Waals surface area (Å²) in [5.41, 5.74) is 6.08. The molecule has 2 rings (SSSR count). The first-order valence-corrected chi connectivity index (χ1v) is 5.71. The van der Waals surface area contributed by atoms with E-state index in [0.29, 0.717) is 5.75 Å². The average Bonchev–Trinajstić information content (AvgIpc) is 2.37. The average molecular weight is 264 g/mol. The van der Waals surface area contributed by atoms with Crippen molar-refractivity contribution in [2.24, 2.45) is 0 Å². The maximum atomic E-state index is 13.6. The van der Waals surface area contributed by atoms with Crippen LogP contribution in [0.4, 0.5) is 20.2 Å². The maximum absolute atomic E-state index is 13.6. The predicted molar refractivity (Wildman–Crippen MR) is 71.1 cm³/mol. The lowest BCUT2D eigenvalue weighted by Gasteiger charge is -2.10. The van der Waals surface area contributed by atoms with Crippen molar-refractivity contribution in [1.29, 1.82) is 0 Å². The molecule has 2 aromatic rings. The highest BCUT2D eigenvalue weighted by molar-refractivity contribution is 5.54. The van der Waals surface area contributed by atoms with Crippen LogP contribution in [0.15, 0.2) is 36.4 Å². The number of halogens is 2. The van der Waals surface area contributed by atoms with Crippen molar-refractivity contribution in [3.63, 3.8) is 0 Å². The van der Waals surface area contributed by atoms with Crippen LogP contribution < -0.4 is 15.8 Å². The summed E-state index contributed by atoms with van der Waals surface area (Å²) in [5.74, 6) is -0.724. The van der Waals surface area contributed by atoms with Crippen LogP contribution in [-0.2, 0) is 6.54 Å². The first-order chi connectivity index (χ1) is 9.10. The van der Waals surface area contributed by atoms with Crippen molar-refractivity contribution in [3.8, 4) is 5.75 Å². The van der Waals surface area contributed by atoms with Gasteiger partial charge in [0, 0.05) is 12.2 Å². The minimum absolute atomic E-state index is 0.0573. The van der Waals surface area contributed by atoms with Gasteiger partial charge in [-0.05, 0) is 29.8 Å². The highest BCUT2D eigenvalue weighted by Gasteiger charge is 2.09. The van der Waals surface area contributed by atoms with Gasteiger partial charge in [-0.1, -0.05) is 12.1 Å². The van der Waals surface area contributed by atoms with Gasteiger partial charge < -0.3 is 15.8 Å². The topological polar surface area (TPSA) is 47.3 Å². The lowest BCUT2D eigenvalue weighted by molar-refractivity contribution is 0.414. The molecule has 0 radical (unpaired) electrons. The van der Waals surface area contributed by atoms with E-state index in [-0.39, 0.29) is 17.9 Å². The van der Waals surface area contributed by atoms with Gasteiger partial charge in [0.2, 0.25) is 0 Å². The van der Waals surface area contributed by atoms with Gasteiger partial charge >= 0.3 is 0 Å². The Morgan fingerprint density at radius 1 is 1.16 bits per heavy atom. The molecule has 0 atom stereocenters. The molecule has 3 nitrogen and oxygen atoms in total. The number of ether oxygens (including phenoxy) is 1. The number of benzene rings is 2. The maximum Gasteiger partial charge on any atom is 0.151 e. The van der Waals surface area contributed by atoms with E-state index in [0.717, 1.165) is 17.7 Å². The highest BCUT2D eigenvalue weighted by Crippen LogP contribution is 2.23. The molecule has 0 saturated carbocycles. The third-order valence-corrected chi connectivity index (χ3v) is 2.67. The van der Waals surface area contributed by atoms with Crippen molar-refractivity contribution in [2.45, 2.75) is 6.54 Å². The Labute approximate surface area is 110 Å². The monoisotopic (exact) mass is 264 g/mol. The predicted octanol–water partition coefficient (Wildman–Crippen LogP) is 3.17. The van der Waals surface area contributed by atoms with E-state index < -0.39 is 11.6 Å². The number of methoxy groups -OCH3 is 1. The highest BCUT2D eigenvalue weighted by atomic mass is 19.1. The van der Waals surface area contributed by atoms with Gasteiger partial charge in [-0.25, -0.2) is 8.78 Å². The van der Waals surface area contributed by atoms with Crippen LogP contribution in [0.25, 0.3) is 0 Å². The van der Waals surface area contributed by atoms with Crippen LogP contribution in [0, 0.1) is 11.6 Å². The number of hydrogen-bond acceptors (Lipinski definition) is 3. The number of nitrogens with two attached hydrogens (primary N) is 1. The molecule has 0 amide bonds. The zero-order chi connectivity index (χ0) is 13.8. The van der Waals surface area contributed by atoms with Crippen LogP contribution in [-0.4, -0.2) is 7.11 Å². The molecular weight excluding hydrogens is 250 g/mol. The van der Waals surface area contributed by atoms with E-state index in [4.69, 9.17) is 10.5 Å². The molecule has 2 aromatic carbocycles. The van der Waals surface area contributed by atoms with Crippen molar-refractivity contribution in [2.75, 3.05) is 18.2 Å². The first kappa shape index (κ1) is 13.1. The molecule has 0 aliphatic carbocycles. The number of nitrogens with one attached hydrogen (secondary N) is 1. The summed E-state index contributed by atoms with van der Waals surface area (Å²) in [6.07, 6.45) is 0. The van der Waals surface area contributed by atoms with Crippen LogP contribution >= 0.6 is 0 Å². The van der Waals surface area contributed by atoms with Crippen molar-refractivity contribution >= 4 is 11.4 Å². The minimum Gasteiger partial charge on any atom is -0.497 e. The van der Waals surface area contributed by atoms with Crippen molar-refractivity contribution < 1.29 is 13.5 Å². The molecule has 3 N–H and O–H groups in total. The number of rotatable bonds is 4. The first-order valence-electron chi connectivity index (χ1n) is 5.71. The van der Waals surface area contributed by atoms with E-state index in [9.17, 15) is 8.78 Å². The number of nitrogen functional groups attached to an aromatic ring is 1. The SMILES string of the molecule is COc1cccc(CNc2c(F)cc(N)cc2F)c1. The third-order valence-electron chi connectivity index (χ3n) is 2.67. The molecule has 0 spiro atoms. The fraction of sp³-hybridized carbons (Fsp3) is 0.143. The van der Waals surface area contributed by atoms with Gasteiger partial charge in [0.15, 0.2) is 11.6 Å².